The molecule has 164 valence electrons. The van der Waals surface area contributed by atoms with Crippen molar-refractivity contribution >= 4 is 5.97 Å². The van der Waals surface area contributed by atoms with Crippen molar-refractivity contribution < 1.29 is 29.2 Å². The third kappa shape index (κ3) is 9.07. The third-order valence-electron chi connectivity index (χ3n) is 4.56. The number of carboxylic acids is 1. The summed E-state index contributed by atoms with van der Waals surface area (Å²) in [5, 5.41) is 18.6. The molecule has 0 bridgehead atoms. The Bertz CT molecular complexity index is 757. The number of hydrogen-bond acceptors (Lipinski definition) is 5. The summed E-state index contributed by atoms with van der Waals surface area (Å²) in [6, 6.07) is 11.3. The van der Waals surface area contributed by atoms with E-state index in [1.807, 2.05) is 0 Å². The number of phenolic OH excluding ortho intramolecular Hbond substituents is 1. The fourth-order valence-electron chi connectivity index (χ4n) is 2.92. The highest BCUT2D eigenvalue weighted by Crippen LogP contribution is 2.24. The largest absolute Gasteiger partial charge is 0.508 e. The highest BCUT2D eigenvalue weighted by Gasteiger charge is 2.09. The van der Waals surface area contributed by atoms with Crippen LogP contribution in [0.5, 0.6) is 23.0 Å². The Morgan fingerprint density at radius 1 is 0.733 bits per heavy atom. The average Bonchev–Trinajstić information content (AvgIpc) is 2.74. The van der Waals surface area contributed by atoms with E-state index in [9.17, 15) is 15.0 Å². The van der Waals surface area contributed by atoms with Gasteiger partial charge in [-0.15, -0.1) is 0 Å². The van der Waals surface area contributed by atoms with Crippen molar-refractivity contribution in [3.8, 4) is 23.0 Å². The van der Waals surface area contributed by atoms with Gasteiger partial charge in [0.25, 0.3) is 0 Å². The van der Waals surface area contributed by atoms with Gasteiger partial charge in [-0.1, -0.05) is 39.0 Å². The van der Waals surface area contributed by atoms with E-state index in [2.05, 4.69) is 6.92 Å². The second-order valence-corrected chi connectivity index (χ2v) is 7.16. The van der Waals surface area contributed by atoms with Gasteiger partial charge in [-0.05, 0) is 42.8 Å². The molecule has 2 aromatic rings. The van der Waals surface area contributed by atoms with Crippen LogP contribution in [0.3, 0.4) is 0 Å². The summed E-state index contributed by atoms with van der Waals surface area (Å²) in [5.41, 5.74) is 0.144. The van der Waals surface area contributed by atoms with Crippen LogP contribution in [0, 0.1) is 0 Å². The standard InChI is InChI=1S/C24H32O6/c1-2-3-4-5-6-7-13-29-22-16-19(24(26)27)17-23(18-22)30-15-8-14-28-21-11-9-20(25)10-12-21/h9-12,16-18,25H,2-8,13-15H2,1H3,(H,26,27). The molecule has 2 N–H and O–H groups in total. The number of unbranched alkanes of at least 4 members (excludes halogenated alkanes) is 5. The molecule has 0 aliphatic heterocycles. The first-order valence-corrected chi connectivity index (χ1v) is 10.6. The van der Waals surface area contributed by atoms with Crippen LogP contribution in [0.25, 0.3) is 0 Å². The molecule has 0 unspecified atom stereocenters. The van der Waals surface area contributed by atoms with Gasteiger partial charge >= 0.3 is 5.97 Å². The highest BCUT2D eigenvalue weighted by atomic mass is 16.5. The predicted molar refractivity (Wildman–Crippen MR) is 116 cm³/mol. The first-order valence-electron chi connectivity index (χ1n) is 10.6. The molecule has 0 saturated carbocycles. The lowest BCUT2D eigenvalue weighted by molar-refractivity contribution is 0.0695. The second kappa shape index (κ2) is 13.4. The number of phenols is 1. The minimum atomic E-state index is -1.01. The fourth-order valence-corrected chi connectivity index (χ4v) is 2.92. The monoisotopic (exact) mass is 416 g/mol. The van der Waals surface area contributed by atoms with Crippen LogP contribution in [0.15, 0.2) is 42.5 Å². The molecule has 30 heavy (non-hydrogen) atoms. The number of hydrogen-bond donors (Lipinski definition) is 2. The summed E-state index contributed by atoms with van der Waals surface area (Å²) < 4.78 is 17.0. The molecule has 0 spiro atoms. The summed E-state index contributed by atoms with van der Waals surface area (Å²) in [5.74, 6) is 0.835. The molecule has 6 nitrogen and oxygen atoms in total. The van der Waals surface area contributed by atoms with E-state index in [1.54, 1.807) is 30.3 Å². The topological polar surface area (TPSA) is 85.2 Å². The van der Waals surface area contributed by atoms with Crippen molar-refractivity contribution in [3.05, 3.63) is 48.0 Å². The molecular formula is C24H32O6. The molecule has 0 aliphatic carbocycles. The molecule has 0 heterocycles. The molecule has 2 aromatic carbocycles. The van der Waals surface area contributed by atoms with E-state index in [4.69, 9.17) is 14.2 Å². The highest BCUT2D eigenvalue weighted by molar-refractivity contribution is 5.88. The molecule has 0 saturated heterocycles. The van der Waals surface area contributed by atoms with E-state index in [-0.39, 0.29) is 11.3 Å². The van der Waals surface area contributed by atoms with Crippen LogP contribution >= 0.6 is 0 Å². The lowest BCUT2D eigenvalue weighted by atomic mass is 10.1. The van der Waals surface area contributed by atoms with E-state index in [1.165, 1.54) is 37.8 Å². The van der Waals surface area contributed by atoms with Crippen LogP contribution in [-0.2, 0) is 0 Å². The predicted octanol–water partition coefficient (Wildman–Crippen LogP) is 5.68. The van der Waals surface area contributed by atoms with Gasteiger partial charge in [0.15, 0.2) is 0 Å². The van der Waals surface area contributed by atoms with Gasteiger partial charge in [-0.25, -0.2) is 4.79 Å². The van der Waals surface area contributed by atoms with E-state index >= 15 is 0 Å². The van der Waals surface area contributed by atoms with Crippen molar-refractivity contribution in [2.24, 2.45) is 0 Å². The normalized spacial score (nSPS) is 10.6. The molecule has 0 aromatic heterocycles. The number of benzene rings is 2. The number of aromatic carboxylic acids is 1. The molecule has 0 amide bonds. The minimum absolute atomic E-state index is 0.144. The molecular weight excluding hydrogens is 384 g/mol. The zero-order valence-corrected chi connectivity index (χ0v) is 17.6. The summed E-state index contributed by atoms with van der Waals surface area (Å²) in [6.07, 6.45) is 7.64. The number of aromatic hydroxyl groups is 1. The molecule has 0 radical (unpaired) electrons. The van der Waals surface area contributed by atoms with Gasteiger partial charge in [-0.3, -0.25) is 0 Å². The number of carbonyl (C=O) groups is 1. The maximum absolute atomic E-state index is 11.4. The van der Waals surface area contributed by atoms with E-state index < -0.39 is 5.97 Å². The lowest BCUT2D eigenvalue weighted by Crippen LogP contribution is -2.06. The zero-order valence-electron chi connectivity index (χ0n) is 17.6. The molecule has 0 atom stereocenters. The Morgan fingerprint density at radius 3 is 1.87 bits per heavy atom. The average molecular weight is 417 g/mol. The SMILES string of the molecule is CCCCCCCCOc1cc(OCCCOc2ccc(O)cc2)cc(C(=O)O)c1. The Kier molecular flexibility index (Phi) is 10.4. The van der Waals surface area contributed by atoms with Crippen molar-refractivity contribution in [1.82, 2.24) is 0 Å². The van der Waals surface area contributed by atoms with Gasteiger partial charge in [0, 0.05) is 12.5 Å². The molecule has 2 rings (SSSR count). The Hall–Kier alpha value is -2.89. The first-order chi connectivity index (χ1) is 14.6. The van der Waals surface area contributed by atoms with Crippen LogP contribution < -0.4 is 14.2 Å². The Morgan fingerprint density at radius 2 is 1.27 bits per heavy atom. The zero-order chi connectivity index (χ0) is 21.6. The van der Waals surface area contributed by atoms with E-state index in [0.29, 0.717) is 43.5 Å². The van der Waals surface area contributed by atoms with Crippen LogP contribution in [0.2, 0.25) is 0 Å². The van der Waals surface area contributed by atoms with Crippen LogP contribution in [0.1, 0.15) is 62.2 Å². The van der Waals surface area contributed by atoms with Crippen molar-refractivity contribution in [2.75, 3.05) is 19.8 Å². The van der Waals surface area contributed by atoms with Gasteiger partial charge in [0.2, 0.25) is 0 Å². The summed E-state index contributed by atoms with van der Waals surface area (Å²) in [7, 11) is 0. The smallest absolute Gasteiger partial charge is 0.335 e. The minimum Gasteiger partial charge on any atom is -0.508 e. The number of ether oxygens (including phenoxy) is 3. The van der Waals surface area contributed by atoms with E-state index in [0.717, 1.165) is 12.8 Å². The number of rotatable bonds is 15. The second-order valence-electron chi connectivity index (χ2n) is 7.16. The molecule has 6 heteroatoms. The van der Waals surface area contributed by atoms with Gasteiger partial charge in [0.1, 0.15) is 23.0 Å². The summed E-state index contributed by atoms with van der Waals surface area (Å²) >= 11 is 0. The fraction of sp³-hybridized carbons (Fsp3) is 0.458. The van der Waals surface area contributed by atoms with Crippen molar-refractivity contribution in [2.45, 2.75) is 51.9 Å². The van der Waals surface area contributed by atoms with Crippen LogP contribution in [0.4, 0.5) is 0 Å². The third-order valence-corrected chi connectivity index (χ3v) is 4.56. The summed E-state index contributed by atoms with van der Waals surface area (Å²) in [4.78, 5) is 11.4. The lowest BCUT2D eigenvalue weighted by Gasteiger charge is -2.12. The first kappa shape index (κ1) is 23.4. The van der Waals surface area contributed by atoms with Gasteiger partial charge in [0.05, 0.1) is 25.4 Å². The Labute approximate surface area is 178 Å². The maximum Gasteiger partial charge on any atom is 0.335 e. The molecule has 0 aliphatic rings. The number of carboxylic acid groups (broad SMARTS) is 1. The maximum atomic E-state index is 11.4. The van der Waals surface area contributed by atoms with Crippen molar-refractivity contribution in [1.29, 1.82) is 0 Å². The molecule has 0 fully saturated rings. The van der Waals surface area contributed by atoms with Gasteiger partial charge < -0.3 is 24.4 Å². The van der Waals surface area contributed by atoms with Crippen LogP contribution in [-0.4, -0.2) is 36.0 Å². The van der Waals surface area contributed by atoms with Gasteiger partial charge in [-0.2, -0.15) is 0 Å². The van der Waals surface area contributed by atoms with Crippen molar-refractivity contribution in [3.63, 3.8) is 0 Å². The quantitative estimate of drug-likeness (QED) is 0.364. The Balaban J connectivity index is 1.75. The summed E-state index contributed by atoms with van der Waals surface area (Å²) in [6.45, 7) is 3.60.